The van der Waals surface area contributed by atoms with E-state index in [0.717, 1.165) is 19.3 Å². The van der Waals surface area contributed by atoms with Crippen LogP contribution in [0.15, 0.2) is 0 Å². The van der Waals surface area contributed by atoms with Crippen molar-refractivity contribution in [2.45, 2.75) is 71.1 Å². The Kier molecular flexibility index (Phi) is 13.2. The molecule has 0 saturated heterocycles. The lowest BCUT2D eigenvalue weighted by atomic mass is 10.1. The zero-order valence-electron chi connectivity index (χ0n) is 12.4. The third-order valence-corrected chi connectivity index (χ3v) is 2.98. The smallest absolute Gasteiger partial charge is 0.434 e. The van der Waals surface area contributed by atoms with E-state index in [9.17, 15) is 9.59 Å². The summed E-state index contributed by atoms with van der Waals surface area (Å²) in [6.45, 7) is 2.46. The number of ether oxygens (including phenoxy) is 2. The van der Waals surface area contributed by atoms with Gasteiger partial charge in [-0.3, -0.25) is 0 Å². The second kappa shape index (κ2) is 14.1. The van der Waals surface area contributed by atoms with Gasteiger partial charge in [0.15, 0.2) is 0 Å². The molecule has 0 radical (unpaired) electrons. The molecule has 0 rings (SSSR count). The highest BCUT2D eigenvalue weighted by atomic mass is 16.8. The van der Waals surface area contributed by atoms with Crippen LogP contribution in [-0.4, -0.2) is 18.9 Å². The minimum absolute atomic E-state index is 0.243. The van der Waals surface area contributed by atoms with Gasteiger partial charge < -0.3 is 14.3 Å². The van der Waals surface area contributed by atoms with Gasteiger partial charge in [-0.2, -0.15) is 5.90 Å². The first kappa shape index (κ1) is 18.7. The van der Waals surface area contributed by atoms with E-state index in [0.29, 0.717) is 0 Å². The van der Waals surface area contributed by atoms with Gasteiger partial charge in [0.1, 0.15) is 0 Å². The standard InChI is InChI=1S/C14H27NO5/c1-2-3-4-5-6-7-8-9-10-11-12-18-13(16)19-14(17)20-15/h2-12,15H2,1H3. The largest absolute Gasteiger partial charge is 0.537 e. The number of rotatable bonds is 11. The molecule has 0 aromatic heterocycles. The van der Waals surface area contributed by atoms with Crippen LogP contribution in [0.3, 0.4) is 0 Å². The van der Waals surface area contributed by atoms with E-state index in [1.807, 2.05) is 0 Å². The summed E-state index contributed by atoms with van der Waals surface area (Å²) in [7, 11) is 0. The van der Waals surface area contributed by atoms with Crippen LogP contribution in [0.1, 0.15) is 71.1 Å². The van der Waals surface area contributed by atoms with Crippen LogP contribution in [0.4, 0.5) is 9.59 Å². The normalized spacial score (nSPS) is 10.1. The summed E-state index contributed by atoms with van der Waals surface area (Å²) in [5.41, 5.74) is 0. The molecule has 0 aliphatic rings. The quantitative estimate of drug-likeness (QED) is 0.267. The van der Waals surface area contributed by atoms with Crippen LogP contribution in [-0.2, 0) is 14.3 Å². The molecule has 0 saturated carbocycles. The van der Waals surface area contributed by atoms with Crippen LogP contribution in [0.2, 0.25) is 0 Å². The minimum Gasteiger partial charge on any atom is -0.434 e. The summed E-state index contributed by atoms with van der Waals surface area (Å²) in [6, 6.07) is 0. The van der Waals surface area contributed by atoms with E-state index in [-0.39, 0.29) is 6.61 Å². The Morgan fingerprint density at radius 2 is 1.30 bits per heavy atom. The molecule has 0 atom stereocenters. The Bertz CT molecular complexity index is 258. The number of unbranched alkanes of at least 4 members (excludes halogenated alkanes) is 9. The van der Waals surface area contributed by atoms with Crippen LogP contribution in [0.5, 0.6) is 0 Å². The molecule has 0 aliphatic heterocycles. The number of hydrogen-bond donors (Lipinski definition) is 1. The molecule has 0 spiro atoms. The monoisotopic (exact) mass is 289 g/mol. The highest BCUT2D eigenvalue weighted by molar-refractivity contribution is 5.76. The maximum Gasteiger partial charge on any atom is 0.537 e. The topological polar surface area (TPSA) is 87.8 Å². The van der Waals surface area contributed by atoms with Crippen molar-refractivity contribution in [2.75, 3.05) is 6.61 Å². The van der Waals surface area contributed by atoms with E-state index >= 15 is 0 Å². The summed E-state index contributed by atoms with van der Waals surface area (Å²) < 4.78 is 8.71. The van der Waals surface area contributed by atoms with Crippen LogP contribution < -0.4 is 5.90 Å². The molecule has 2 N–H and O–H groups in total. The lowest BCUT2D eigenvalue weighted by Gasteiger charge is -2.04. The number of carbonyl (C=O) groups excluding carboxylic acids is 2. The van der Waals surface area contributed by atoms with Gasteiger partial charge >= 0.3 is 12.3 Å². The number of hydrogen-bond acceptors (Lipinski definition) is 6. The highest BCUT2D eigenvalue weighted by Gasteiger charge is 2.11. The summed E-state index contributed by atoms with van der Waals surface area (Å²) in [5.74, 6) is 4.50. The average molecular weight is 289 g/mol. The molecule has 0 amide bonds. The van der Waals surface area contributed by atoms with Gasteiger partial charge in [-0.25, -0.2) is 9.59 Å². The Morgan fingerprint density at radius 1 is 0.800 bits per heavy atom. The van der Waals surface area contributed by atoms with Gasteiger partial charge in [0.25, 0.3) is 0 Å². The van der Waals surface area contributed by atoms with Crippen molar-refractivity contribution >= 4 is 12.3 Å². The Balaban J connectivity index is 3.16. The number of nitrogens with two attached hydrogens (primary N) is 1. The minimum atomic E-state index is -1.27. The number of carbonyl (C=O) groups is 2. The molecule has 0 heterocycles. The fraction of sp³-hybridized carbons (Fsp3) is 0.857. The predicted octanol–water partition coefficient (Wildman–Crippen LogP) is 4.07. The van der Waals surface area contributed by atoms with Crippen molar-refractivity contribution in [3.63, 3.8) is 0 Å². The molecule has 0 aliphatic carbocycles. The van der Waals surface area contributed by atoms with Gasteiger partial charge in [-0.1, -0.05) is 64.7 Å². The second-order valence-corrected chi connectivity index (χ2v) is 4.75. The van der Waals surface area contributed by atoms with Gasteiger partial charge in [0.2, 0.25) is 0 Å². The van der Waals surface area contributed by atoms with E-state index in [2.05, 4.69) is 27.1 Å². The van der Waals surface area contributed by atoms with Crippen molar-refractivity contribution in [2.24, 2.45) is 5.90 Å². The molecule has 0 aromatic rings. The molecule has 0 fully saturated rings. The molecule has 0 aromatic carbocycles. The third-order valence-electron chi connectivity index (χ3n) is 2.98. The summed E-state index contributed by atoms with van der Waals surface area (Å²) in [5, 5.41) is 0. The van der Waals surface area contributed by atoms with E-state index in [1.165, 1.54) is 44.9 Å². The molecule has 6 nitrogen and oxygen atoms in total. The lowest BCUT2D eigenvalue weighted by molar-refractivity contribution is 0.0357. The fourth-order valence-electron chi connectivity index (χ4n) is 1.87. The fourth-order valence-corrected chi connectivity index (χ4v) is 1.87. The Labute approximate surface area is 120 Å². The van der Waals surface area contributed by atoms with Crippen LogP contribution in [0.25, 0.3) is 0 Å². The van der Waals surface area contributed by atoms with Crippen LogP contribution in [0, 0.1) is 0 Å². The van der Waals surface area contributed by atoms with Crippen molar-refractivity contribution in [1.29, 1.82) is 0 Å². The summed E-state index contributed by atoms with van der Waals surface area (Å²) in [6.07, 6.45) is 9.67. The predicted molar refractivity (Wildman–Crippen MR) is 74.9 cm³/mol. The van der Waals surface area contributed by atoms with Crippen molar-refractivity contribution in [3.05, 3.63) is 0 Å². The maximum atomic E-state index is 10.9. The maximum absolute atomic E-state index is 10.9. The molecule has 118 valence electrons. The molecular weight excluding hydrogens is 262 g/mol. The zero-order chi connectivity index (χ0) is 15.1. The average Bonchev–Trinajstić information content (AvgIpc) is 2.44. The van der Waals surface area contributed by atoms with E-state index < -0.39 is 12.3 Å². The molecule has 0 bridgehead atoms. The molecule has 20 heavy (non-hydrogen) atoms. The van der Waals surface area contributed by atoms with Gasteiger partial charge in [-0.05, 0) is 6.42 Å². The lowest BCUT2D eigenvalue weighted by Crippen LogP contribution is -2.18. The van der Waals surface area contributed by atoms with E-state index in [1.54, 1.807) is 0 Å². The Morgan fingerprint density at radius 3 is 1.80 bits per heavy atom. The zero-order valence-corrected chi connectivity index (χ0v) is 12.4. The summed E-state index contributed by atoms with van der Waals surface area (Å²) >= 11 is 0. The third kappa shape index (κ3) is 13.1. The van der Waals surface area contributed by atoms with Crippen LogP contribution >= 0.6 is 0 Å². The van der Waals surface area contributed by atoms with Crippen molar-refractivity contribution < 1.29 is 23.9 Å². The van der Waals surface area contributed by atoms with Gasteiger partial charge in [0.05, 0.1) is 6.61 Å². The Hall–Kier alpha value is -1.30. The SMILES string of the molecule is CCCCCCCCCCCCOC(=O)OC(=O)ON. The first-order chi connectivity index (χ1) is 9.70. The first-order valence-corrected chi connectivity index (χ1v) is 7.46. The van der Waals surface area contributed by atoms with Crippen molar-refractivity contribution in [3.8, 4) is 0 Å². The molecular formula is C14H27NO5. The van der Waals surface area contributed by atoms with Gasteiger partial charge in [0, 0.05) is 0 Å². The first-order valence-electron chi connectivity index (χ1n) is 7.46. The van der Waals surface area contributed by atoms with Crippen molar-refractivity contribution in [1.82, 2.24) is 0 Å². The molecule has 6 heteroatoms. The van der Waals surface area contributed by atoms with Gasteiger partial charge in [-0.15, -0.1) is 0 Å². The highest BCUT2D eigenvalue weighted by Crippen LogP contribution is 2.10. The second-order valence-electron chi connectivity index (χ2n) is 4.75. The summed E-state index contributed by atoms with van der Waals surface area (Å²) in [4.78, 5) is 25.0. The molecule has 0 unspecified atom stereocenters. The van der Waals surface area contributed by atoms with E-state index in [4.69, 9.17) is 0 Å².